The molecule has 8 heteroatoms. The van der Waals surface area contributed by atoms with Crippen LogP contribution in [0.1, 0.15) is 31.9 Å². The molecular weight excluding hydrogens is 496 g/mol. The molecule has 166 valence electrons. The SMILES string of the molecule is CCNC(=NCCc1ccn(-c2ccc(F)cc2)n1)N(C)CCC1CCOCC1.I. The third kappa shape index (κ3) is 7.54. The summed E-state index contributed by atoms with van der Waals surface area (Å²) >= 11 is 0. The minimum absolute atomic E-state index is 0. The maximum Gasteiger partial charge on any atom is 0.193 e. The number of aliphatic imine (C=N–C) groups is 1. The average Bonchev–Trinajstić information content (AvgIpc) is 3.21. The van der Waals surface area contributed by atoms with E-state index in [-0.39, 0.29) is 29.8 Å². The molecule has 1 fully saturated rings. The van der Waals surface area contributed by atoms with E-state index in [0.29, 0.717) is 6.54 Å². The van der Waals surface area contributed by atoms with E-state index >= 15 is 0 Å². The van der Waals surface area contributed by atoms with Gasteiger partial charge in [0.1, 0.15) is 5.82 Å². The fraction of sp³-hybridized carbons (Fsp3) is 0.545. The van der Waals surface area contributed by atoms with Gasteiger partial charge in [-0.15, -0.1) is 24.0 Å². The molecule has 1 N–H and O–H groups in total. The Bertz CT molecular complexity index is 774. The number of benzene rings is 1. The molecule has 0 spiro atoms. The van der Waals surface area contributed by atoms with Crippen LogP contribution in [-0.2, 0) is 11.2 Å². The van der Waals surface area contributed by atoms with E-state index in [1.807, 2.05) is 12.3 Å². The lowest BCUT2D eigenvalue weighted by molar-refractivity contribution is 0.0625. The van der Waals surface area contributed by atoms with Gasteiger partial charge >= 0.3 is 0 Å². The van der Waals surface area contributed by atoms with Crippen molar-refractivity contribution in [3.8, 4) is 5.69 Å². The van der Waals surface area contributed by atoms with Crippen molar-refractivity contribution in [3.63, 3.8) is 0 Å². The van der Waals surface area contributed by atoms with Gasteiger partial charge < -0.3 is 15.0 Å². The zero-order valence-corrected chi connectivity index (χ0v) is 20.2. The van der Waals surface area contributed by atoms with Gasteiger partial charge in [-0.3, -0.25) is 4.99 Å². The summed E-state index contributed by atoms with van der Waals surface area (Å²) in [6, 6.07) is 8.32. The van der Waals surface area contributed by atoms with Crippen LogP contribution in [0.4, 0.5) is 4.39 Å². The van der Waals surface area contributed by atoms with E-state index in [0.717, 1.165) is 68.8 Å². The lowest BCUT2D eigenvalue weighted by Gasteiger charge is -2.26. The molecule has 3 rings (SSSR count). The van der Waals surface area contributed by atoms with Gasteiger partial charge in [-0.1, -0.05) is 0 Å². The van der Waals surface area contributed by atoms with E-state index in [4.69, 9.17) is 9.73 Å². The summed E-state index contributed by atoms with van der Waals surface area (Å²) in [5, 5.41) is 7.96. The highest BCUT2D eigenvalue weighted by Gasteiger charge is 2.15. The van der Waals surface area contributed by atoms with Crippen molar-refractivity contribution in [2.24, 2.45) is 10.9 Å². The van der Waals surface area contributed by atoms with Crippen molar-refractivity contribution in [2.75, 3.05) is 39.9 Å². The van der Waals surface area contributed by atoms with Gasteiger partial charge in [0.25, 0.3) is 0 Å². The van der Waals surface area contributed by atoms with E-state index in [2.05, 4.69) is 29.3 Å². The monoisotopic (exact) mass is 529 g/mol. The summed E-state index contributed by atoms with van der Waals surface area (Å²) in [6.45, 7) is 6.39. The van der Waals surface area contributed by atoms with Gasteiger partial charge in [-0.05, 0) is 62.4 Å². The number of nitrogens with zero attached hydrogens (tertiary/aromatic N) is 4. The normalized spacial score (nSPS) is 15.0. The topological polar surface area (TPSA) is 54.7 Å². The van der Waals surface area contributed by atoms with Crippen molar-refractivity contribution >= 4 is 29.9 Å². The Kier molecular flexibility index (Phi) is 10.6. The van der Waals surface area contributed by atoms with Crippen LogP contribution in [-0.4, -0.2) is 60.5 Å². The first-order valence-corrected chi connectivity index (χ1v) is 10.5. The van der Waals surface area contributed by atoms with Gasteiger partial charge in [-0.25, -0.2) is 9.07 Å². The molecule has 0 radical (unpaired) electrons. The van der Waals surface area contributed by atoms with Gasteiger partial charge in [0, 0.05) is 52.5 Å². The quantitative estimate of drug-likeness (QED) is 0.321. The first-order valence-electron chi connectivity index (χ1n) is 10.5. The molecule has 0 atom stereocenters. The number of guanidine groups is 1. The molecule has 2 aromatic rings. The number of halogens is 2. The van der Waals surface area contributed by atoms with Crippen LogP contribution in [0.5, 0.6) is 0 Å². The van der Waals surface area contributed by atoms with Gasteiger partial charge in [-0.2, -0.15) is 5.10 Å². The minimum Gasteiger partial charge on any atom is -0.381 e. The van der Waals surface area contributed by atoms with E-state index in [9.17, 15) is 4.39 Å². The number of rotatable bonds is 8. The van der Waals surface area contributed by atoms with Crippen molar-refractivity contribution < 1.29 is 9.13 Å². The fourth-order valence-corrected chi connectivity index (χ4v) is 3.50. The molecule has 0 unspecified atom stereocenters. The lowest BCUT2D eigenvalue weighted by Crippen LogP contribution is -2.40. The Labute approximate surface area is 195 Å². The smallest absolute Gasteiger partial charge is 0.193 e. The zero-order chi connectivity index (χ0) is 20.5. The van der Waals surface area contributed by atoms with Crippen LogP contribution in [0.15, 0.2) is 41.5 Å². The molecule has 1 aromatic carbocycles. The molecular formula is C22H33FIN5O. The lowest BCUT2D eigenvalue weighted by atomic mass is 9.96. The molecule has 6 nitrogen and oxygen atoms in total. The Morgan fingerprint density at radius 3 is 2.70 bits per heavy atom. The molecule has 0 saturated carbocycles. The van der Waals surface area contributed by atoms with Crippen molar-refractivity contribution in [1.82, 2.24) is 20.0 Å². The van der Waals surface area contributed by atoms with E-state index < -0.39 is 0 Å². The summed E-state index contributed by atoms with van der Waals surface area (Å²) < 4.78 is 20.3. The average molecular weight is 529 g/mol. The number of ether oxygens (including phenoxy) is 1. The first-order chi connectivity index (χ1) is 14.2. The van der Waals surface area contributed by atoms with Gasteiger partial charge in [0.05, 0.1) is 11.4 Å². The van der Waals surface area contributed by atoms with Crippen molar-refractivity contribution in [2.45, 2.75) is 32.6 Å². The Morgan fingerprint density at radius 1 is 1.27 bits per heavy atom. The maximum atomic E-state index is 13.1. The summed E-state index contributed by atoms with van der Waals surface area (Å²) in [5.74, 6) is 1.45. The summed E-state index contributed by atoms with van der Waals surface area (Å²) in [5.41, 5.74) is 1.82. The highest BCUT2D eigenvalue weighted by Crippen LogP contribution is 2.18. The maximum absolute atomic E-state index is 13.1. The van der Waals surface area contributed by atoms with E-state index in [1.54, 1.807) is 16.8 Å². The second-order valence-electron chi connectivity index (χ2n) is 7.48. The highest BCUT2D eigenvalue weighted by molar-refractivity contribution is 14.0. The molecule has 1 aromatic heterocycles. The Balaban J connectivity index is 0.00000320. The van der Waals surface area contributed by atoms with Gasteiger partial charge in [0.2, 0.25) is 0 Å². The Hall–Kier alpha value is -1.68. The molecule has 1 aliphatic rings. The second kappa shape index (κ2) is 12.9. The number of hydrogen-bond acceptors (Lipinski definition) is 3. The summed E-state index contributed by atoms with van der Waals surface area (Å²) in [4.78, 5) is 6.99. The largest absolute Gasteiger partial charge is 0.381 e. The predicted molar refractivity (Wildman–Crippen MR) is 129 cm³/mol. The van der Waals surface area contributed by atoms with Crippen LogP contribution in [0.25, 0.3) is 5.69 Å². The fourth-order valence-electron chi connectivity index (χ4n) is 3.50. The predicted octanol–water partition coefficient (Wildman–Crippen LogP) is 3.89. The van der Waals surface area contributed by atoms with Crippen molar-refractivity contribution in [1.29, 1.82) is 0 Å². The van der Waals surface area contributed by atoms with Crippen LogP contribution >= 0.6 is 24.0 Å². The van der Waals surface area contributed by atoms with Crippen LogP contribution in [0.3, 0.4) is 0 Å². The third-order valence-corrected chi connectivity index (χ3v) is 5.28. The first kappa shape index (κ1) is 24.6. The molecule has 30 heavy (non-hydrogen) atoms. The number of nitrogens with one attached hydrogen (secondary N) is 1. The summed E-state index contributed by atoms with van der Waals surface area (Å²) in [6.07, 6.45) is 6.16. The number of aromatic nitrogens is 2. The van der Waals surface area contributed by atoms with Crippen LogP contribution in [0.2, 0.25) is 0 Å². The third-order valence-electron chi connectivity index (χ3n) is 5.28. The highest BCUT2D eigenvalue weighted by atomic mass is 127. The Morgan fingerprint density at radius 2 is 2.00 bits per heavy atom. The molecule has 2 heterocycles. The molecule has 0 aliphatic carbocycles. The second-order valence-corrected chi connectivity index (χ2v) is 7.48. The van der Waals surface area contributed by atoms with Crippen LogP contribution in [0, 0.1) is 11.7 Å². The minimum atomic E-state index is -0.243. The molecule has 1 saturated heterocycles. The molecule has 1 aliphatic heterocycles. The standard InChI is InChI=1S/C22H32FN5O.HI/c1-3-24-22(27(2)14-9-18-11-16-29-17-12-18)25-13-8-20-10-15-28(26-20)21-6-4-19(23)5-7-21;/h4-7,10,15,18H,3,8-9,11-14,16-17H2,1-2H3,(H,24,25);1H. The summed E-state index contributed by atoms with van der Waals surface area (Å²) in [7, 11) is 2.10. The molecule has 0 amide bonds. The van der Waals surface area contributed by atoms with Crippen LogP contribution < -0.4 is 5.32 Å². The number of hydrogen-bond donors (Lipinski definition) is 1. The zero-order valence-electron chi connectivity index (χ0n) is 17.9. The molecule has 0 bridgehead atoms. The van der Waals surface area contributed by atoms with Crippen molar-refractivity contribution in [3.05, 3.63) is 48.0 Å². The van der Waals surface area contributed by atoms with Gasteiger partial charge in [0.15, 0.2) is 5.96 Å². The van der Waals surface area contributed by atoms with E-state index in [1.165, 1.54) is 18.6 Å².